The highest BCUT2D eigenvalue weighted by atomic mass is 19.4. The van der Waals surface area contributed by atoms with Crippen LogP contribution in [0.15, 0.2) is 54.9 Å². The summed E-state index contributed by atoms with van der Waals surface area (Å²) in [4.78, 5) is 33.1. The van der Waals surface area contributed by atoms with Crippen LogP contribution in [0.3, 0.4) is 0 Å². The van der Waals surface area contributed by atoms with E-state index >= 15 is 0 Å². The molecule has 0 bridgehead atoms. The minimum absolute atomic E-state index is 0.0305. The van der Waals surface area contributed by atoms with E-state index < -0.39 is 47.1 Å². The van der Waals surface area contributed by atoms with Crippen molar-refractivity contribution < 1.29 is 37.0 Å². The first kappa shape index (κ1) is 26.0. The number of aromatic nitrogens is 4. The number of halogens is 4. The molecule has 2 atom stereocenters. The molecule has 0 spiro atoms. The van der Waals surface area contributed by atoms with Crippen LogP contribution < -0.4 is 15.8 Å². The van der Waals surface area contributed by atoms with E-state index in [9.17, 15) is 32.3 Å². The van der Waals surface area contributed by atoms with Gasteiger partial charge in [0, 0.05) is 17.3 Å². The van der Waals surface area contributed by atoms with E-state index in [1.54, 1.807) is 12.1 Å². The Kier molecular flexibility index (Phi) is 6.01. The molecule has 1 aromatic carbocycles. The van der Waals surface area contributed by atoms with Gasteiger partial charge in [0.2, 0.25) is 11.5 Å². The third-order valence-electron chi connectivity index (χ3n) is 6.64. The van der Waals surface area contributed by atoms with Crippen molar-refractivity contribution in [1.82, 2.24) is 24.9 Å². The second kappa shape index (κ2) is 9.01. The summed E-state index contributed by atoms with van der Waals surface area (Å²) in [5, 5.41) is 17.1. The van der Waals surface area contributed by atoms with Gasteiger partial charge in [0.15, 0.2) is 5.65 Å². The van der Waals surface area contributed by atoms with E-state index in [0.717, 1.165) is 28.9 Å². The number of imidazole rings is 1. The molecule has 0 aliphatic carbocycles. The number of carbonyl (C=O) groups is 2. The van der Waals surface area contributed by atoms with Gasteiger partial charge in [-0.15, -0.1) is 0 Å². The number of hydrogen-bond donors (Lipinski definition) is 3. The maximum absolute atomic E-state index is 14.5. The molecule has 1 aliphatic rings. The second-order valence-electron chi connectivity index (χ2n) is 9.20. The van der Waals surface area contributed by atoms with Crippen LogP contribution in [0, 0.1) is 5.82 Å². The van der Waals surface area contributed by atoms with Crippen LogP contribution in [0.4, 0.5) is 17.6 Å². The normalized spacial score (nSPS) is 18.3. The number of nitrogens with two attached hydrogens (primary N) is 1. The molecule has 5 rings (SSSR count). The Balaban J connectivity index is 1.61. The lowest BCUT2D eigenvalue weighted by Gasteiger charge is -2.31. The molecule has 14 heteroatoms. The zero-order valence-electron chi connectivity index (χ0n) is 20.2. The molecular formula is C25H20F4N6O4. The van der Waals surface area contributed by atoms with Crippen molar-refractivity contribution in [2.24, 2.45) is 5.73 Å². The van der Waals surface area contributed by atoms with Crippen molar-refractivity contribution in [3.05, 3.63) is 77.6 Å². The van der Waals surface area contributed by atoms with Crippen molar-refractivity contribution >= 4 is 17.5 Å². The molecule has 39 heavy (non-hydrogen) atoms. The predicted molar refractivity (Wildman–Crippen MR) is 127 cm³/mol. The Morgan fingerprint density at radius 1 is 1.23 bits per heavy atom. The average Bonchev–Trinajstić information content (AvgIpc) is 3.49. The molecule has 0 saturated carbocycles. The molecular weight excluding hydrogens is 524 g/mol. The first-order valence-electron chi connectivity index (χ1n) is 11.5. The first-order valence-corrected chi connectivity index (χ1v) is 11.5. The van der Waals surface area contributed by atoms with Gasteiger partial charge in [0.05, 0.1) is 18.4 Å². The number of carbonyl (C=O) groups excluding carboxylic acids is 2. The second-order valence-corrected chi connectivity index (χ2v) is 9.20. The number of primary amides is 1. The maximum Gasteiger partial charge on any atom is 0.424 e. The van der Waals surface area contributed by atoms with Gasteiger partial charge in [-0.05, 0) is 49.4 Å². The smallest absolute Gasteiger partial charge is 0.424 e. The summed E-state index contributed by atoms with van der Waals surface area (Å²) in [6.45, 7) is -0.261. The molecule has 0 fully saturated rings. The van der Waals surface area contributed by atoms with E-state index in [4.69, 9.17) is 10.5 Å². The van der Waals surface area contributed by atoms with Gasteiger partial charge in [0.25, 0.3) is 5.91 Å². The molecule has 1 aliphatic heterocycles. The number of hydrogen-bond acceptors (Lipinski definition) is 7. The number of ether oxygens (including phenoxy) is 1. The minimum atomic E-state index is -5.35. The Bertz CT molecular complexity index is 1610. The zero-order chi connectivity index (χ0) is 28.2. The highest BCUT2D eigenvalue weighted by Gasteiger charge is 2.57. The monoisotopic (exact) mass is 544 g/mol. The third kappa shape index (κ3) is 4.22. The number of fused-ring (bicyclic) bond motifs is 2. The van der Waals surface area contributed by atoms with Gasteiger partial charge in [-0.25, -0.2) is 18.9 Å². The number of alkyl halides is 3. The van der Waals surface area contributed by atoms with Crippen LogP contribution in [0.1, 0.15) is 28.7 Å². The van der Waals surface area contributed by atoms with Crippen molar-refractivity contribution in [3.8, 4) is 17.0 Å². The number of pyridine rings is 1. The van der Waals surface area contributed by atoms with Crippen molar-refractivity contribution in [1.29, 1.82) is 0 Å². The number of nitrogens with one attached hydrogen (secondary N) is 1. The molecule has 2 amide bonds. The summed E-state index contributed by atoms with van der Waals surface area (Å²) in [6, 6.07) is 8.65. The van der Waals surface area contributed by atoms with Gasteiger partial charge in [-0.1, -0.05) is 0 Å². The molecule has 0 saturated heterocycles. The van der Waals surface area contributed by atoms with Crippen LogP contribution in [-0.4, -0.2) is 55.8 Å². The number of benzene rings is 1. The molecule has 0 radical (unpaired) electrons. The Hall–Kier alpha value is -4.59. The van der Waals surface area contributed by atoms with Crippen molar-refractivity contribution in [3.63, 3.8) is 0 Å². The SMILES string of the molecule is C[C@]1(C(N)=O)COc2c1cc(C(O)(CNC(=O)c1cnc3cccnn13)C(F)(F)F)nc2-c1ccc(F)cc1. The number of rotatable bonds is 6. The molecule has 202 valence electrons. The topological polar surface area (TPSA) is 145 Å². The van der Waals surface area contributed by atoms with Gasteiger partial charge < -0.3 is 20.9 Å². The highest BCUT2D eigenvalue weighted by molar-refractivity contribution is 5.93. The third-order valence-corrected chi connectivity index (χ3v) is 6.64. The zero-order valence-corrected chi connectivity index (χ0v) is 20.2. The summed E-state index contributed by atoms with van der Waals surface area (Å²) >= 11 is 0. The lowest BCUT2D eigenvalue weighted by atomic mass is 9.81. The molecule has 4 N–H and O–H groups in total. The largest absolute Gasteiger partial charge is 0.489 e. The van der Waals surface area contributed by atoms with Crippen molar-refractivity contribution in [2.75, 3.05) is 13.2 Å². The van der Waals surface area contributed by atoms with Gasteiger partial charge in [0.1, 0.15) is 35.0 Å². The fourth-order valence-corrected chi connectivity index (χ4v) is 4.22. The molecule has 1 unspecified atom stereocenters. The van der Waals surface area contributed by atoms with Gasteiger partial charge in [-0.2, -0.15) is 18.3 Å². The highest BCUT2D eigenvalue weighted by Crippen LogP contribution is 2.47. The fourth-order valence-electron chi connectivity index (χ4n) is 4.22. The Morgan fingerprint density at radius 2 is 1.95 bits per heavy atom. The predicted octanol–water partition coefficient (Wildman–Crippen LogP) is 2.25. The summed E-state index contributed by atoms with van der Waals surface area (Å²) in [6.07, 6.45) is -2.86. The van der Waals surface area contributed by atoms with Crippen LogP contribution in [0.5, 0.6) is 5.75 Å². The van der Waals surface area contributed by atoms with Gasteiger partial charge >= 0.3 is 6.18 Å². The summed E-state index contributed by atoms with van der Waals surface area (Å²) in [5.41, 5.74) is -0.593. The van der Waals surface area contributed by atoms with Gasteiger partial charge in [-0.3, -0.25) is 9.59 Å². The van der Waals surface area contributed by atoms with Crippen LogP contribution in [-0.2, 0) is 15.8 Å². The quantitative estimate of drug-likeness (QED) is 0.316. The van der Waals surface area contributed by atoms with E-state index in [1.807, 2.05) is 0 Å². The van der Waals surface area contributed by atoms with Crippen LogP contribution in [0.25, 0.3) is 16.9 Å². The number of amides is 2. The lowest BCUT2D eigenvalue weighted by Crippen LogP contribution is -2.52. The molecule has 4 heterocycles. The lowest BCUT2D eigenvalue weighted by molar-refractivity contribution is -0.265. The Morgan fingerprint density at radius 3 is 2.62 bits per heavy atom. The minimum Gasteiger partial charge on any atom is -0.489 e. The maximum atomic E-state index is 14.5. The molecule has 4 aromatic rings. The molecule has 10 nitrogen and oxygen atoms in total. The summed E-state index contributed by atoms with van der Waals surface area (Å²) in [7, 11) is 0. The van der Waals surface area contributed by atoms with Crippen molar-refractivity contribution in [2.45, 2.75) is 24.1 Å². The van der Waals surface area contributed by atoms with E-state index in [2.05, 4.69) is 20.4 Å². The number of nitrogens with zero attached hydrogens (tertiary/aromatic N) is 4. The number of aliphatic hydroxyl groups is 1. The standard InChI is InChI=1S/C25H20F4N6O4/c1-23(22(30)37)12-39-20-15(23)9-17(34-19(20)13-4-6-14(26)7-5-13)24(38,25(27,28)29)11-32-21(36)16-10-31-18-3-2-8-33-35(16)18/h2-10,38H,11-12H2,1H3,(H2,30,37)(H,32,36)/t23-,24?/m0/s1. The van der Waals surface area contributed by atoms with Crippen LogP contribution >= 0.6 is 0 Å². The van der Waals surface area contributed by atoms with E-state index in [0.29, 0.717) is 0 Å². The van der Waals surface area contributed by atoms with E-state index in [1.165, 1.54) is 25.3 Å². The Labute approximate surface area is 217 Å². The summed E-state index contributed by atoms with van der Waals surface area (Å²) in [5.74, 6) is -2.51. The van der Waals surface area contributed by atoms with Crippen LogP contribution in [0.2, 0.25) is 0 Å². The fraction of sp³-hybridized carbons (Fsp3) is 0.240. The van der Waals surface area contributed by atoms with E-state index in [-0.39, 0.29) is 40.5 Å². The first-order chi connectivity index (χ1) is 18.3. The molecule has 3 aromatic heterocycles. The average molecular weight is 544 g/mol. The summed E-state index contributed by atoms with van der Waals surface area (Å²) < 4.78 is 63.8.